The van der Waals surface area contributed by atoms with Crippen molar-refractivity contribution in [3.05, 3.63) is 70.1 Å². The predicted octanol–water partition coefficient (Wildman–Crippen LogP) is 2.26. The molecule has 0 spiro atoms. The molecular formula is C21H21ClN2O5. The van der Waals surface area contributed by atoms with Crippen LogP contribution in [0.25, 0.3) is 0 Å². The van der Waals surface area contributed by atoms with Gasteiger partial charge in [0.15, 0.2) is 5.76 Å². The molecule has 0 aromatic heterocycles. The first-order chi connectivity index (χ1) is 13.9. The van der Waals surface area contributed by atoms with E-state index in [9.17, 15) is 14.4 Å². The van der Waals surface area contributed by atoms with Crippen LogP contribution in [0, 0.1) is 0 Å². The summed E-state index contributed by atoms with van der Waals surface area (Å²) >= 11 is 5.89. The Balaban J connectivity index is 1.76. The van der Waals surface area contributed by atoms with Crippen LogP contribution in [0.15, 0.2) is 59.5 Å². The van der Waals surface area contributed by atoms with Crippen LogP contribution in [0.2, 0.25) is 5.02 Å². The zero-order chi connectivity index (χ0) is 21.0. The maximum absolute atomic E-state index is 12.4. The Labute approximate surface area is 173 Å². The fourth-order valence-electron chi connectivity index (χ4n) is 3.24. The van der Waals surface area contributed by atoms with E-state index in [0.717, 1.165) is 11.1 Å². The second kappa shape index (κ2) is 8.96. The summed E-state index contributed by atoms with van der Waals surface area (Å²) < 4.78 is 10.4. The summed E-state index contributed by atoms with van der Waals surface area (Å²) in [7, 11) is 1.29. The number of rotatable bonds is 8. The summed E-state index contributed by atoms with van der Waals surface area (Å²) in [5.41, 5.74) is 7.88. The van der Waals surface area contributed by atoms with Gasteiger partial charge in [-0.05, 0) is 41.8 Å². The molecule has 1 amide bonds. The van der Waals surface area contributed by atoms with E-state index in [4.69, 9.17) is 22.1 Å². The third-order valence-corrected chi connectivity index (χ3v) is 5.03. The Morgan fingerprint density at radius 3 is 2.62 bits per heavy atom. The second-order valence-corrected chi connectivity index (χ2v) is 7.15. The Hall–Kier alpha value is -3.06. The molecular weight excluding hydrogens is 396 g/mol. The zero-order valence-corrected chi connectivity index (χ0v) is 16.6. The largest absolute Gasteiger partial charge is 0.484 e. The van der Waals surface area contributed by atoms with Gasteiger partial charge in [0.1, 0.15) is 12.6 Å². The highest BCUT2D eigenvalue weighted by molar-refractivity contribution is 6.30. The molecule has 0 saturated carbocycles. The maximum Gasteiger partial charge on any atom is 0.305 e. The lowest BCUT2D eigenvalue weighted by atomic mass is 10.00. The van der Waals surface area contributed by atoms with Crippen molar-refractivity contribution in [1.29, 1.82) is 0 Å². The summed E-state index contributed by atoms with van der Waals surface area (Å²) in [6.45, 7) is 0.501. The highest BCUT2D eigenvalue weighted by atomic mass is 35.5. The van der Waals surface area contributed by atoms with Crippen molar-refractivity contribution in [2.45, 2.75) is 25.5 Å². The number of benzene rings is 1. The number of amides is 1. The molecule has 7 nitrogen and oxygen atoms in total. The summed E-state index contributed by atoms with van der Waals surface area (Å²) in [5.74, 6) is -0.962. The minimum absolute atomic E-state index is 0.0670. The summed E-state index contributed by atoms with van der Waals surface area (Å²) in [4.78, 5) is 37.5. The van der Waals surface area contributed by atoms with Crippen molar-refractivity contribution in [3.63, 3.8) is 0 Å². The summed E-state index contributed by atoms with van der Waals surface area (Å²) in [6, 6.07) is 6.46. The average molecular weight is 417 g/mol. The van der Waals surface area contributed by atoms with Crippen molar-refractivity contribution < 1.29 is 23.9 Å². The molecule has 1 aliphatic carbocycles. The smallest absolute Gasteiger partial charge is 0.305 e. The number of methoxy groups -OCH3 is 1. The first-order valence-corrected chi connectivity index (χ1v) is 9.43. The standard InChI is InChI=1S/C21H21ClN2O5/c1-28-19(26)9-7-17(21(23)27)24-10-14-4-8-18(25)20(16(14)11-24)29-12-13-2-5-15(22)6-3-13/h2-6,8,10,17H,7,9,11-12H2,1H3,(H2,23,27). The first kappa shape index (κ1) is 20.7. The molecule has 3 rings (SSSR count). The molecule has 1 heterocycles. The number of ketones is 1. The number of halogens is 1. The molecule has 8 heteroatoms. The van der Waals surface area contributed by atoms with E-state index in [1.807, 2.05) is 12.1 Å². The van der Waals surface area contributed by atoms with Gasteiger partial charge >= 0.3 is 5.97 Å². The van der Waals surface area contributed by atoms with Crippen LogP contribution < -0.4 is 5.73 Å². The van der Waals surface area contributed by atoms with Crippen LogP contribution >= 0.6 is 11.6 Å². The van der Waals surface area contributed by atoms with Crippen molar-refractivity contribution >= 4 is 29.3 Å². The van der Waals surface area contributed by atoms with Crippen molar-refractivity contribution in [2.75, 3.05) is 13.7 Å². The van der Waals surface area contributed by atoms with Gasteiger partial charge in [0, 0.05) is 29.8 Å². The van der Waals surface area contributed by atoms with Gasteiger partial charge in [0.2, 0.25) is 11.7 Å². The second-order valence-electron chi connectivity index (χ2n) is 6.71. The molecule has 0 radical (unpaired) electrons. The van der Waals surface area contributed by atoms with E-state index in [2.05, 4.69) is 4.74 Å². The minimum Gasteiger partial charge on any atom is -0.484 e. The van der Waals surface area contributed by atoms with Crippen LogP contribution in [0.5, 0.6) is 0 Å². The summed E-state index contributed by atoms with van der Waals surface area (Å²) in [6.07, 6.45) is 5.17. The highest BCUT2D eigenvalue weighted by Crippen LogP contribution is 2.32. The maximum atomic E-state index is 12.4. The molecule has 152 valence electrons. The van der Waals surface area contributed by atoms with Crippen LogP contribution in [0.4, 0.5) is 0 Å². The third kappa shape index (κ3) is 4.86. The Morgan fingerprint density at radius 2 is 1.97 bits per heavy atom. The van der Waals surface area contributed by atoms with Gasteiger partial charge in [0.05, 0.1) is 7.11 Å². The van der Waals surface area contributed by atoms with Gasteiger partial charge in [0.25, 0.3) is 0 Å². The molecule has 1 aromatic carbocycles. The van der Waals surface area contributed by atoms with Crippen LogP contribution in [-0.2, 0) is 30.5 Å². The number of hydrogen-bond donors (Lipinski definition) is 1. The molecule has 1 aliphatic heterocycles. The Bertz CT molecular complexity index is 918. The molecule has 2 aliphatic rings. The van der Waals surface area contributed by atoms with Gasteiger partial charge in [-0.25, -0.2) is 0 Å². The van der Waals surface area contributed by atoms with Gasteiger partial charge in [-0.2, -0.15) is 0 Å². The first-order valence-electron chi connectivity index (χ1n) is 9.06. The zero-order valence-electron chi connectivity index (χ0n) is 15.9. The number of primary amides is 1. The highest BCUT2D eigenvalue weighted by Gasteiger charge is 2.33. The molecule has 0 saturated heterocycles. The number of allylic oxidation sites excluding steroid dienone is 2. The van der Waals surface area contributed by atoms with Gasteiger partial charge < -0.3 is 20.1 Å². The SMILES string of the molecule is COC(=O)CCC(C(N)=O)N1C=C2C=CC(=O)C(OCc3ccc(Cl)cc3)=C2C1. The fourth-order valence-corrected chi connectivity index (χ4v) is 3.36. The van der Waals surface area contributed by atoms with E-state index < -0.39 is 17.9 Å². The predicted molar refractivity (Wildman–Crippen MR) is 106 cm³/mol. The van der Waals surface area contributed by atoms with E-state index in [0.29, 0.717) is 10.6 Å². The normalized spacial score (nSPS) is 16.4. The molecule has 1 unspecified atom stereocenters. The average Bonchev–Trinajstić information content (AvgIpc) is 3.12. The molecule has 29 heavy (non-hydrogen) atoms. The molecule has 1 atom stereocenters. The van der Waals surface area contributed by atoms with Crippen LogP contribution in [-0.4, -0.2) is 42.3 Å². The lowest BCUT2D eigenvalue weighted by molar-refractivity contribution is -0.141. The lowest BCUT2D eigenvalue weighted by Gasteiger charge is -2.25. The number of carbonyl (C=O) groups excluding carboxylic acids is 3. The molecule has 0 fully saturated rings. The molecule has 2 N–H and O–H groups in total. The molecule has 1 aromatic rings. The van der Waals surface area contributed by atoms with Crippen molar-refractivity contribution in [1.82, 2.24) is 4.90 Å². The molecule has 0 bridgehead atoms. The number of esters is 1. The Morgan fingerprint density at radius 1 is 1.24 bits per heavy atom. The van der Waals surface area contributed by atoms with E-state index in [-0.39, 0.29) is 37.5 Å². The topological polar surface area (TPSA) is 98.9 Å². The lowest BCUT2D eigenvalue weighted by Crippen LogP contribution is -2.41. The van der Waals surface area contributed by atoms with Gasteiger partial charge in [-0.3, -0.25) is 14.4 Å². The van der Waals surface area contributed by atoms with Crippen LogP contribution in [0.1, 0.15) is 18.4 Å². The van der Waals surface area contributed by atoms with Crippen molar-refractivity contribution in [2.24, 2.45) is 5.73 Å². The number of fused-ring (bicyclic) bond motifs is 1. The third-order valence-electron chi connectivity index (χ3n) is 4.78. The van der Waals surface area contributed by atoms with Crippen LogP contribution in [0.3, 0.4) is 0 Å². The van der Waals surface area contributed by atoms with E-state index in [1.54, 1.807) is 29.3 Å². The van der Waals surface area contributed by atoms with E-state index >= 15 is 0 Å². The number of carbonyl (C=O) groups is 3. The number of nitrogens with zero attached hydrogens (tertiary/aromatic N) is 1. The Kier molecular flexibility index (Phi) is 6.39. The summed E-state index contributed by atoms with van der Waals surface area (Å²) in [5, 5.41) is 0.619. The number of ether oxygens (including phenoxy) is 2. The number of hydrogen-bond acceptors (Lipinski definition) is 6. The minimum atomic E-state index is -0.694. The fraction of sp³-hybridized carbons (Fsp3) is 0.286. The van der Waals surface area contributed by atoms with Crippen molar-refractivity contribution in [3.8, 4) is 0 Å². The van der Waals surface area contributed by atoms with Gasteiger partial charge in [-0.15, -0.1) is 0 Å². The number of nitrogens with two attached hydrogens (primary N) is 1. The monoisotopic (exact) mass is 416 g/mol. The van der Waals surface area contributed by atoms with E-state index in [1.165, 1.54) is 13.2 Å². The quantitative estimate of drug-likeness (QED) is 0.652. The van der Waals surface area contributed by atoms with Gasteiger partial charge in [-0.1, -0.05) is 23.7 Å².